The van der Waals surface area contributed by atoms with E-state index < -0.39 is 0 Å². The molecule has 0 aliphatic carbocycles. The van der Waals surface area contributed by atoms with Crippen LogP contribution >= 0.6 is 23.5 Å². The predicted molar refractivity (Wildman–Crippen MR) is 178 cm³/mol. The molecule has 0 aromatic carbocycles. The Balaban J connectivity index is 1.07. The lowest BCUT2D eigenvalue weighted by Crippen LogP contribution is -2.36. The van der Waals surface area contributed by atoms with Gasteiger partial charge in [0.2, 0.25) is 11.8 Å². The second-order valence-corrected chi connectivity index (χ2v) is 15.7. The molecule has 4 aliphatic heterocycles. The average molecular weight is 633 g/mol. The highest BCUT2D eigenvalue weighted by Gasteiger charge is 2.38. The molecule has 6 heterocycles. The third kappa shape index (κ3) is 6.15. The molecule has 8 nitrogen and oxygen atoms in total. The summed E-state index contributed by atoms with van der Waals surface area (Å²) in [5.41, 5.74) is 1.82. The van der Waals surface area contributed by atoms with Crippen molar-refractivity contribution in [3.05, 3.63) is 52.5 Å². The number of allylic oxidation sites excluding steroid dienone is 1. The number of hydrogen-bond acceptors (Lipinski definition) is 6. The molecule has 234 valence electrons. The van der Waals surface area contributed by atoms with Crippen LogP contribution in [0.25, 0.3) is 4.91 Å². The first-order chi connectivity index (χ1) is 21.1. The number of H-pyrrole nitrogens is 2. The third-order valence-electron chi connectivity index (χ3n) is 9.74. The molecular weight excluding hydrogens is 589 g/mol. The molecule has 2 amide bonds. The van der Waals surface area contributed by atoms with Gasteiger partial charge in [0.1, 0.15) is 17.3 Å². The van der Waals surface area contributed by atoms with Crippen molar-refractivity contribution in [2.24, 2.45) is 23.7 Å². The van der Waals surface area contributed by atoms with Crippen molar-refractivity contribution >= 4 is 40.2 Å². The summed E-state index contributed by atoms with van der Waals surface area (Å²) in [6.45, 7) is 14.1. The van der Waals surface area contributed by atoms with Crippen LogP contribution < -0.4 is 0 Å². The topological polar surface area (TPSA) is 98.0 Å². The minimum atomic E-state index is 0.00228. The number of aromatic nitrogens is 4. The molecular formula is C34H44N6O2S2. The maximum Gasteiger partial charge on any atom is 0.226 e. The molecule has 44 heavy (non-hydrogen) atoms. The molecule has 2 aromatic heterocycles. The smallest absolute Gasteiger partial charge is 0.226 e. The average Bonchev–Trinajstić information content (AvgIpc) is 3.83. The summed E-state index contributed by atoms with van der Waals surface area (Å²) in [5, 5.41) is 0.668. The molecule has 6 atom stereocenters. The van der Waals surface area contributed by atoms with Crippen molar-refractivity contribution in [2.45, 2.75) is 89.8 Å². The van der Waals surface area contributed by atoms with Gasteiger partial charge in [-0.05, 0) is 49.5 Å². The van der Waals surface area contributed by atoms with E-state index in [0.29, 0.717) is 22.3 Å². The Hall–Kier alpha value is -2.90. The first-order valence-electron chi connectivity index (χ1n) is 16.1. The summed E-state index contributed by atoms with van der Waals surface area (Å²) in [5.74, 6) is 9.46. The number of carbonyl (C=O) groups excluding carboxylic acids is 2. The maximum absolute atomic E-state index is 13.1. The van der Waals surface area contributed by atoms with Crippen molar-refractivity contribution in [1.82, 2.24) is 29.7 Å². The first-order valence-corrected chi connectivity index (χ1v) is 17.9. The zero-order valence-electron chi connectivity index (χ0n) is 26.6. The van der Waals surface area contributed by atoms with Crippen molar-refractivity contribution < 1.29 is 9.59 Å². The normalized spacial score (nSPS) is 26.1. The molecule has 2 saturated heterocycles. The van der Waals surface area contributed by atoms with E-state index >= 15 is 0 Å². The second kappa shape index (κ2) is 12.8. The third-order valence-corrected chi connectivity index (χ3v) is 12.4. The fourth-order valence-corrected chi connectivity index (χ4v) is 9.06. The molecule has 0 saturated carbocycles. The summed E-state index contributed by atoms with van der Waals surface area (Å²) in [7, 11) is 0. The Morgan fingerprint density at radius 3 is 1.95 bits per heavy atom. The molecule has 0 bridgehead atoms. The van der Waals surface area contributed by atoms with Gasteiger partial charge >= 0.3 is 0 Å². The zero-order chi connectivity index (χ0) is 31.1. The van der Waals surface area contributed by atoms with Crippen LogP contribution in [-0.4, -0.2) is 65.1 Å². The van der Waals surface area contributed by atoms with E-state index in [4.69, 9.17) is 4.98 Å². The molecule has 2 N–H and O–H groups in total. The molecule has 10 heteroatoms. The second-order valence-electron chi connectivity index (χ2n) is 13.3. The maximum atomic E-state index is 13.1. The van der Waals surface area contributed by atoms with Crippen LogP contribution in [0.2, 0.25) is 0 Å². The number of nitrogens with zero attached hydrogens (tertiary/aromatic N) is 4. The number of nitrogens with one attached hydrogen (secondary N) is 2. The van der Waals surface area contributed by atoms with Crippen LogP contribution in [-0.2, 0) is 9.59 Å². The van der Waals surface area contributed by atoms with E-state index in [-0.39, 0.29) is 35.7 Å². The summed E-state index contributed by atoms with van der Waals surface area (Å²) in [6, 6.07) is 0.0337. The lowest BCUT2D eigenvalue weighted by molar-refractivity contribution is -0.138. The van der Waals surface area contributed by atoms with Gasteiger partial charge < -0.3 is 19.8 Å². The van der Waals surface area contributed by atoms with Crippen LogP contribution in [0.4, 0.5) is 0 Å². The molecule has 0 radical (unpaired) electrons. The summed E-state index contributed by atoms with van der Waals surface area (Å²) >= 11 is 3.65. The Kier molecular flexibility index (Phi) is 9.07. The van der Waals surface area contributed by atoms with Gasteiger partial charge in [0, 0.05) is 40.3 Å². The quantitative estimate of drug-likeness (QED) is 0.336. The fourth-order valence-electron chi connectivity index (χ4n) is 6.34. The van der Waals surface area contributed by atoms with E-state index in [1.54, 1.807) is 18.0 Å². The Morgan fingerprint density at radius 1 is 0.795 bits per heavy atom. The number of thioether (sulfide) groups is 2. The van der Waals surface area contributed by atoms with E-state index in [1.165, 1.54) is 4.91 Å². The molecule has 4 aliphatic rings. The highest BCUT2D eigenvalue weighted by atomic mass is 32.2. The van der Waals surface area contributed by atoms with Crippen LogP contribution in [0.1, 0.15) is 102 Å². The summed E-state index contributed by atoms with van der Waals surface area (Å²) in [6.07, 6.45) is 12.2. The number of likely N-dealkylation sites (tertiary alicyclic amines) is 2. The predicted octanol–water partition coefficient (Wildman–Crippen LogP) is 6.55. The van der Waals surface area contributed by atoms with Crippen LogP contribution in [0, 0.1) is 35.5 Å². The van der Waals surface area contributed by atoms with Crippen molar-refractivity contribution in [3.63, 3.8) is 0 Å². The molecule has 2 fully saturated rings. The number of hydrogen-bond donors (Lipinski definition) is 2. The van der Waals surface area contributed by atoms with Gasteiger partial charge in [-0.3, -0.25) is 9.59 Å². The van der Waals surface area contributed by atoms with Crippen LogP contribution in [0.5, 0.6) is 0 Å². The number of fused-ring (bicyclic) bond motifs is 1. The SMILES string of the molecule is CC(C)C(C)C(=O)N1CCCC1c1ncc(C#CC2=CC3SC(c4cnc(C5CCCN5C(=O)C(C)C(C)C)[nH]4)=CC3S2)[nH]1. The van der Waals surface area contributed by atoms with Gasteiger partial charge in [0.15, 0.2) is 0 Å². The lowest BCUT2D eigenvalue weighted by Gasteiger charge is -2.27. The highest BCUT2D eigenvalue weighted by molar-refractivity contribution is 8.12. The minimum absolute atomic E-state index is 0.00228. The lowest BCUT2D eigenvalue weighted by atomic mass is 9.96. The Bertz CT molecular complexity index is 1530. The molecule has 2 aromatic rings. The van der Waals surface area contributed by atoms with Crippen LogP contribution in [0.3, 0.4) is 0 Å². The van der Waals surface area contributed by atoms with Crippen molar-refractivity contribution in [2.75, 3.05) is 13.1 Å². The van der Waals surface area contributed by atoms with Gasteiger partial charge in [0.05, 0.1) is 35.1 Å². The van der Waals surface area contributed by atoms with Gasteiger partial charge in [-0.1, -0.05) is 53.5 Å². The molecule has 6 unspecified atom stereocenters. The van der Waals surface area contributed by atoms with Crippen molar-refractivity contribution in [1.29, 1.82) is 0 Å². The van der Waals surface area contributed by atoms with Crippen molar-refractivity contribution in [3.8, 4) is 11.8 Å². The van der Waals surface area contributed by atoms with E-state index in [9.17, 15) is 9.59 Å². The largest absolute Gasteiger partial charge is 0.340 e. The van der Waals surface area contributed by atoms with E-state index in [0.717, 1.165) is 66.7 Å². The monoisotopic (exact) mass is 632 g/mol. The summed E-state index contributed by atoms with van der Waals surface area (Å²) < 4.78 is 0. The number of rotatable bonds is 7. The molecule has 0 spiro atoms. The van der Waals surface area contributed by atoms with Gasteiger partial charge in [-0.25, -0.2) is 9.97 Å². The minimum Gasteiger partial charge on any atom is -0.340 e. The van der Waals surface area contributed by atoms with E-state index in [2.05, 4.69) is 66.6 Å². The zero-order valence-corrected chi connectivity index (χ0v) is 28.2. The van der Waals surface area contributed by atoms with Gasteiger partial charge in [-0.15, -0.1) is 23.5 Å². The number of amides is 2. The standard InChI is InChI=1S/C34H44N6O2S2/c1-19(2)21(5)33(41)39-13-7-9-26(39)31-35-17-23(37-31)11-12-24-15-29-30(43-24)16-28(44-29)25-18-36-32(38-25)27-10-8-14-40(27)34(42)22(6)20(3)4/h15-22,26-27,29-30H,7-10,13-14H2,1-6H3,(H,35,37)(H,36,38). The molecule has 6 rings (SSSR count). The fraction of sp³-hybridized carbons (Fsp3) is 0.588. The first kappa shape index (κ1) is 31.1. The number of imidazole rings is 2. The number of carbonyl (C=O) groups is 2. The Labute approximate surface area is 269 Å². The summed E-state index contributed by atoms with van der Waals surface area (Å²) in [4.78, 5) is 48.8. The number of aromatic amines is 2. The highest BCUT2D eigenvalue weighted by Crippen LogP contribution is 2.50. The van der Waals surface area contributed by atoms with Gasteiger partial charge in [0.25, 0.3) is 0 Å². The van der Waals surface area contributed by atoms with Gasteiger partial charge in [-0.2, -0.15) is 0 Å². The Morgan fingerprint density at radius 2 is 1.36 bits per heavy atom. The van der Waals surface area contributed by atoms with Crippen LogP contribution in [0.15, 0.2) is 29.5 Å². The van der Waals surface area contributed by atoms with E-state index in [1.807, 2.05) is 41.6 Å².